The van der Waals surface area contributed by atoms with E-state index in [4.69, 9.17) is 16.3 Å². The number of piperazine rings is 1. The van der Waals surface area contributed by atoms with Crippen LogP contribution >= 0.6 is 11.6 Å². The van der Waals surface area contributed by atoms with Crippen LogP contribution in [-0.4, -0.2) is 43.6 Å². The van der Waals surface area contributed by atoms with Crippen LogP contribution in [0.15, 0.2) is 42.5 Å². The van der Waals surface area contributed by atoms with Gasteiger partial charge in [0.05, 0.1) is 6.61 Å². The van der Waals surface area contributed by atoms with Gasteiger partial charge in [-0.3, -0.25) is 4.79 Å². The minimum atomic E-state index is 0.0768. The zero-order valence-electron chi connectivity index (χ0n) is 13.4. The van der Waals surface area contributed by atoms with Crippen molar-refractivity contribution in [2.45, 2.75) is 6.42 Å². The first-order chi connectivity index (χ1) is 11.7. The number of halogens is 1. The molecule has 0 radical (unpaired) electrons. The molecule has 124 valence electrons. The molecular weight excluding hydrogens is 324 g/mol. The number of ether oxygens (including phenoxy) is 1. The highest BCUT2D eigenvalue weighted by Gasteiger charge is 2.25. The summed E-state index contributed by atoms with van der Waals surface area (Å²) in [6.07, 6.45) is 0.968. The Labute approximate surface area is 146 Å². The van der Waals surface area contributed by atoms with Gasteiger partial charge in [0.2, 0.25) is 0 Å². The predicted octanol–water partition coefficient (Wildman–Crippen LogP) is 3.24. The number of hydrogen-bond acceptors (Lipinski definition) is 3. The molecule has 24 heavy (non-hydrogen) atoms. The maximum Gasteiger partial charge on any atom is 0.253 e. The number of anilines is 1. The molecule has 0 unspecified atom stereocenters. The fourth-order valence-corrected chi connectivity index (χ4v) is 3.55. The summed E-state index contributed by atoms with van der Waals surface area (Å²) in [5.74, 6) is 1.08. The Kier molecular flexibility index (Phi) is 4.07. The number of amides is 1. The number of carbonyl (C=O) groups excluding carboxylic acids is 1. The molecule has 0 bridgehead atoms. The Morgan fingerprint density at radius 1 is 1.00 bits per heavy atom. The van der Waals surface area contributed by atoms with E-state index in [9.17, 15) is 4.79 Å². The van der Waals surface area contributed by atoms with E-state index in [1.54, 1.807) is 24.3 Å². The number of fused-ring (bicyclic) bond motifs is 1. The van der Waals surface area contributed by atoms with Crippen molar-refractivity contribution < 1.29 is 9.53 Å². The second-order valence-electron chi connectivity index (χ2n) is 6.14. The van der Waals surface area contributed by atoms with Crippen molar-refractivity contribution in [3.8, 4) is 5.75 Å². The number of rotatable bonds is 2. The van der Waals surface area contributed by atoms with Gasteiger partial charge in [-0.15, -0.1) is 0 Å². The van der Waals surface area contributed by atoms with E-state index in [0.29, 0.717) is 10.6 Å². The lowest BCUT2D eigenvalue weighted by atomic mass is 10.1. The van der Waals surface area contributed by atoms with Crippen LogP contribution in [0.25, 0.3) is 0 Å². The van der Waals surface area contributed by atoms with E-state index in [-0.39, 0.29) is 5.91 Å². The highest BCUT2D eigenvalue weighted by molar-refractivity contribution is 6.30. The summed E-state index contributed by atoms with van der Waals surface area (Å²) >= 11 is 5.89. The lowest BCUT2D eigenvalue weighted by molar-refractivity contribution is 0.0747. The third-order valence-corrected chi connectivity index (χ3v) is 4.97. The summed E-state index contributed by atoms with van der Waals surface area (Å²) < 4.78 is 5.65. The lowest BCUT2D eigenvalue weighted by Gasteiger charge is -2.37. The van der Waals surface area contributed by atoms with Gasteiger partial charge in [-0.1, -0.05) is 17.7 Å². The van der Waals surface area contributed by atoms with Gasteiger partial charge in [0.15, 0.2) is 0 Å². The molecule has 4 nitrogen and oxygen atoms in total. The predicted molar refractivity (Wildman–Crippen MR) is 95.2 cm³/mol. The molecule has 0 aromatic heterocycles. The minimum Gasteiger partial charge on any atom is -0.493 e. The smallest absolute Gasteiger partial charge is 0.253 e. The van der Waals surface area contributed by atoms with Crippen molar-refractivity contribution in [2.24, 2.45) is 0 Å². The van der Waals surface area contributed by atoms with Crippen LogP contribution in [0.3, 0.4) is 0 Å². The van der Waals surface area contributed by atoms with Crippen LogP contribution in [0.1, 0.15) is 15.9 Å². The van der Waals surface area contributed by atoms with E-state index in [0.717, 1.165) is 45.0 Å². The summed E-state index contributed by atoms with van der Waals surface area (Å²) in [6, 6.07) is 13.3. The first-order valence-electron chi connectivity index (χ1n) is 8.27. The van der Waals surface area contributed by atoms with Gasteiger partial charge in [-0.05, 0) is 36.4 Å². The van der Waals surface area contributed by atoms with Crippen molar-refractivity contribution in [1.29, 1.82) is 0 Å². The highest BCUT2D eigenvalue weighted by atomic mass is 35.5. The van der Waals surface area contributed by atoms with Crippen molar-refractivity contribution in [1.82, 2.24) is 4.90 Å². The van der Waals surface area contributed by atoms with Crippen LogP contribution in [0, 0.1) is 0 Å². The molecule has 2 heterocycles. The zero-order chi connectivity index (χ0) is 16.5. The monoisotopic (exact) mass is 342 g/mol. The summed E-state index contributed by atoms with van der Waals surface area (Å²) in [5, 5.41) is 0.650. The molecule has 1 amide bonds. The lowest BCUT2D eigenvalue weighted by Crippen LogP contribution is -2.49. The van der Waals surface area contributed by atoms with E-state index < -0.39 is 0 Å². The molecular formula is C19H19ClN2O2. The Morgan fingerprint density at radius 2 is 1.75 bits per heavy atom. The van der Waals surface area contributed by atoms with E-state index in [2.05, 4.69) is 11.0 Å². The summed E-state index contributed by atoms with van der Waals surface area (Å²) in [6.45, 7) is 3.91. The van der Waals surface area contributed by atoms with Gasteiger partial charge in [0.25, 0.3) is 5.91 Å². The van der Waals surface area contributed by atoms with Gasteiger partial charge in [-0.2, -0.15) is 0 Å². The van der Waals surface area contributed by atoms with Crippen LogP contribution < -0.4 is 9.64 Å². The molecule has 0 spiro atoms. The van der Waals surface area contributed by atoms with E-state index >= 15 is 0 Å². The van der Waals surface area contributed by atoms with Crippen LogP contribution in [0.2, 0.25) is 5.02 Å². The van der Waals surface area contributed by atoms with Crippen LogP contribution in [0.5, 0.6) is 5.75 Å². The Bertz CT molecular complexity index is 752. The normalized spacial score (nSPS) is 16.7. The SMILES string of the molecule is O=C(c1ccc(Cl)cc1)N1CCN(c2cccc3c2CCO3)CC1. The van der Waals surface area contributed by atoms with Crippen molar-refractivity contribution in [3.05, 3.63) is 58.6 Å². The first-order valence-corrected chi connectivity index (χ1v) is 8.64. The molecule has 1 fully saturated rings. The third kappa shape index (κ3) is 2.82. The molecule has 2 aromatic rings. The van der Waals surface area contributed by atoms with Gasteiger partial charge < -0.3 is 14.5 Å². The van der Waals surface area contributed by atoms with Gasteiger partial charge in [0, 0.05) is 54.4 Å². The van der Waals surface area contributed by atoms with Crippen molar-refractivity contribution >= 4 is 23.2 Å². The number of hydrogen-bond donors (Lipinski definition) is 0. The topological polar surface area (TPSA) is 32.8 Å². The molecule has 1 saturated heterocycles. The molecule has 2 aliphatic rings. The van der Waals surface area contributed by atoms with Crippen molar-refractivity contribution in [2.75, 3.05) is 37.7 Å². The average Bonchev–Trinajstić information content (AvgIpc) is 3.11. The quantitative estimate of drug-likeness (QED) is 0.840. The molecule has 5 heteroatoms. The molecule has 2 aliphatic heterocycles. The number of nitrogens with zero attached hydrogens (tertiary/aromatic N) is 2. The second kappa shape index (κ2) is 6.36. The average molecular weight is 343 g/mol. The zero-order valence-corrected chi connectivity index (χ0v) is 14.1. The molecule has 0 N–H and O–H groups in total. The first kappa shape index (κ1) is 15.3. The fraction of sp³-hybridized carbons (Fsp3) is 0.316. The Morgan fingerprint density at radius 3 is 2.50 bits per heavy atom. The molecule has 0 aliphatic carbocycles. The van der Waals surface area contributed by atoms with Gasteiger partial charge in [-0.25, -0.2) is 0 Å². The Balaban J connectivity index is 1.45. The number of carbonyl (C=O) groups is 1. The largest absolute Gasteiger partial charge is 0.493 e. The Hall–Kier alpha value is -2.20. The number of benzene rings is 2. The maximum absolute atomic E-state index is 12.6. The third-order valence-electron chi connectivity index (χ3n) is 4.72. The van der Waals surface area contributed by atoms with E-state index in [1.165, 1.54) is 11.3 Å². The second-order valence-corrected chi connectivity index (χ2v) is 6.57. The molecule has 0 atom stereocenters. The van der Waals surface area contributed by atoms with Crippen LogP contribution in [-0.2, 0) is 6.42 Å². The molecule has 0 saturated carbocycles. The summed E-state index contributed by atoms with van der Waals surface area (Å²) in [4.78, 5) is 16.9. The maximum atomic E-state index is 12.6. The fourth-order valence-electron chi connectivity index (χ4n) is 3.43. The minimum absolute atomic E-state index is 0.0768. The van der Waals surface area contributed by atoms with Gasteiger partial charge in [0.1, 0.15) is 5.75 Å². The van der Waals surface area contributed by atoms with Gasteiger partial charge >= 0.3 is 0 Å². The van der Waals surface area contributed by atoms with E-state index in [1.807, 2.05) is 17.0 Å². The molecule has 4 rings (SSSR count). The van der Waals surface area contributed by atoms with Crippen LogP contribution in [0.4, 0.5) is 5.69 Å². The van der Waals surface area contributed by atoms with Crippen molar-refractivity contribution in [3.63, 3.8) is 0 Å². The standard InChI is InChI=1S/C19H19ClN2O2/c20-15-6-4-14(5-7-15)19(23)22-11-9-21(10-12-22)17-2-1-3-18-16(17)8-13-24-18/h1-7H,8-13H2. The summed E-state index contributed by atoms with van der Waals surface area (Å²) in [7, 11) is 0. The summed E-state index contributed by atoms with van der Waals surface area (Å²) in [5.41, 5.74) is 3.25. The highest BCUT2D eigenvalue weighted by Crippen LogP contribution is 2.34. The molecule has 2 aromatic carbocycles.